The van der Waals surface area contributed by atoms with Gasteiger partial charge in [0.25, 0.3) is 0 Å². The van der Waals surface area contributed by atoms with Crippen LogP contribution in [0, 0.1) is 3.57 Å². The maximum atomic E-state index is 12.0. The largest absolute Gasteiger partial charge is 0.444 e. The number of halogens is 1. The highest BCUT2D eigenvalue weighted by atomic mass is 127. The molecule has 0 saturated carbocycles. The molecule has 1 aromatic rings. The quantitative estimate of drug-likeness (QED) is 0.769. The highest BCUT2D eigenvalue weighted by molar-refractivity contribution is 14.1. The van der Waals surface area contributed by atoms with Gasteiger partial charge >= 0.3 is 6.09 Å². The van der Waals surface area contributed by atoms with Crippen molar-refractivity contribution in [3.05, 3.63) is 21.9 Å². The molecule has 0 radical (unpaired) electrons. The Morgan fingerprint density at radius 1 is 1.43 bits per heavy atom. The van der Waals surface area contributed by atoms with E-state index in [0.717, 1.165) is 35.3 Å². The van der Waals surface area contributed by atoms with E-state index in [9.17, 15) is 4.79 Å². The minimum Gasteiger partial charge on any atom is -0.444 e. The van der Waals surface area contributed by atoms with E-state index in [1.165, 1.54) is 0 Å². The number of anilines is 1. The van der Waals surface area contributed by atoms with Gasteiger partial charge in [0.15, 0.2) is 0 Å². The van der Waals surface area contributed by atoms with Crippen molar-refractivity contribution >= 4 is 34.5 Å². The van der Waals surface area contributed by atoms with Crippen LogP contribution in [0.25, 0.3) is 0 Å². The summed E-state index contributed by atoms with van der Waals surface area (Å²) in [6, 6.07) is 4.35. The van der Waals surface area contributed by atoms with Crippen molar-refractivity contribution in [2.75, 3.05) is 18.4 Å². The van der Waals surface area contributed by atoms with Gasteiger partial charge in [-0.3, -0.25) is 0 Å². The average molecular weight is 403 g/mol. The molecule has 0 atom stereocenters. The summed E-state index contributed by atoms with van der Waals surface area (Å²) in [4.78, 5) is 18.1. The Morgan fingerprint density at radius 3 is 2.67 bits per heavy atom. The molecule has 2 rings (SSSR count). The van der Waals surface area contributed by atoms with Crippen LogP contribution in [0.2, 0.25) is 0 Å². The molecule has 6 heteroatoms. The van der Waals surface area contributed by atoms with Gasteiger partial charge in [-0.05, 0) is 68.3 Å². The topological polar surface area (TPSA) is 54.5 Å². The van der Waals surface area contributed by atoms with Crippen LogP contribution in [0.15, 0.2) is 18.3 Å². The fourth-order valence-corrected chi connectivity index (χ4v) is 2.68. The van der Waals surface area contributed by atoms with E-state index in [-0.39, 0.29) is 6.09 Å². The molecule has 1 N–H and O–H groups in total. The SMILES string of the molecule is CC(C)(C)OC(=O)N1CCC(Nc2cc(I)ccn2)CC1. The molecular formula is C15H22IN3O2. The first-order chi connectivity index (χ1) is 9.83. The second-order valence-electron chi connectivity index (χ2n) is 6.25. The molecule has 1 aromatic heterocycles. The van der Waals surface area contributed by atoms with Crippen molar-refractivity contribution < 1.29 is 9.53 Å². The Bertz CT molecular complexity index is 494. The lowest BCUT2D eigenvalue weighted by molar-refractivity contribution is 0.0210. The van der Waals surface area contributed by atoms with Gasteiger partial charge in [-0.2, -0.15) is 0 Å². The van der Waals surface area contributed by atoms with Gasteiger partial charge in [0.2, 0.25) is 0 Å². The van der Waals surface area contributed by atoms with Crippen molar-refractivity contribution in [2.45, 2.75) is 45.3 Å². The molecule has 5 nitrogen and oxygen atoms in total. The number of nitrogens with zero attached hydrogens (tertiary/aromatic N) is 2. The Morgan fingerprint density at radius 2 is 2.10 bits per heavy atom. The predicted octanol–water partition coefficient (Wildman–Crippen LogP) is 3.50. The lowest BCUT2D eigenvalue weighted by Crippen LogP contribution is -2.44. The molecular weight excluding hydrogens is 381 g/mol. The number of rotatable bonds is 2. The maximum Gasteiger partial charge on any atom is 0.410 e. The number of piperidine rings is 1. The minimum absolute atomic E-state index is 0.215. The molecule has 116 valence electrons. The summed E-state index contributed by atoms with van der Waals surface area (Å²) in [6.07, 6.45) is 3.41. The molecule has 0 bridgehead atoms. The third kappa shape index (κ3) is 5.33. The lowest BCUT2D eigenvalue weighted by atomic mass is 10.1. The van der Waals surface area contributed by atoms with Gasteiger partial charge in [0.1, 0.15) is 11.4 Å². The average Bonchev–Trinajstić information content (AvgIpc) is 2.37. The molecule has 1 saturated heterocycles. The first-order valence-electron chi connectivity index (χ1n) is 7.19. The first kappa shape index (κ1) is 16.3. The molecule has 1 aliphatic rings. The molecule has 2 heterocycles. The fraction of sp³-hybridized carbons (Fsp3) is 0.600. The van der Waals surface area contributed by atoms with E-state index < -0.39 is 5.60 Å². The smallest absolute Gasteiger partial charge is 0.410 e. The van der Waals surface area contributed by atoms with E-state index in [4.69, 9.17) is 4.74 Å². The highest BCUT2D eigenvalue weighted by Gasteiger charge is 2.26. The van der Waals surface area contributed by atoms with Crippen molar-refractivity contribution in [3.63, 3.8) is 0 Å². The Kier molecular flexibility index (Phi) is 5.29. The van der Waals surface area contributed by atoms with Crippen LogP contribution < -0.4 is 5.32 Å². The highest BCUT2D eigenvalue weighted by Crippen LogP contribution is 2.18. The van der Waals surface area contributed by atoms with E-state index in [2.05, 4.69) is 32.9 Å². The zero-order valence-electron chi connectivity index (χ0n) is 12.7. The molecule has 0 spiro atoms. The third-order valence-corrected chi connectivity index (χ3v) is 3.89. The van der Waals surface area contributed by atoms with Crippen LogP contribution in [0.4, 0.5) is 10.6 Å². The van der Waals surface area contributed by atoms with Crippen LogP contribution in [-0.4, -0.2) is 40.7 Å². The van der Waals surface area contributed by atoms with Crippen LogP contribution in [0.3, 0.4) is 0 Å². The number of hydrogen-bond acceptors (Lipinski definition) is 4. The molecule has 0 unspecified atom stereocenters. The Hall–Kier alpha value is -1.05. The normalized spacial score (nSPS) is 16.7. The van der Waals surface area contributed by atoms with E-state index >= 15 is 0 Å². The number of carbonyl (C=O) groups excluding carboxylic acids is 1. The number of carbonyl (C=O) groups is 1. The second-order valence-corrected chi connectivity index (χ2v) is 7.49. The van der Waals surface area contributed by atoms with Crippen molar-refractivity contribution in [3.8, 4) is 0 Å². The molecule has 1 amide bonds. The number of ether oxygens (including phenoxy) is 1. The number of nitrogens with one attached hydrogen (secondary N) is 1. The minimum atomic E-state index is -0.434. The number of amides is 1. The van der Waals surface area contributed by atoms with Crippen molar-refractivity contribution in [2.24, 2.45) is 0 Å². The molecule has 1 aliphatic heterocycles. The van der Waals surface area contributed by atoms with Gasteiger partial charge < -0.3 is 15.0 Å². The maximum absolute atomic E-state index is 12.0. The lowest BCUT2D eigenvalue weighted by Gasteiger charge is -2.33. The fourth-order valence-electron chi connectivity index (χ4n) is 2.23. The standard InChI is InChI=1S/C15H22IN3O2/c1-15(2,3)21-14(20)19-8-5-12(6-9-19)18-13-10-11(16)4-7-17-13/h4,7,10,12H,5-6,8-9H2,1-3H3,(H,17,18). The summed E-state index contributed by atoms with van der Waals surface area (Å²) < 4.78 is 6.56. The van der Waals surface area contributed by atoms with Gasteiger partial charge in [0, 0.05) is 28.9 Å². The van der Waals surface area contributed by atoms with Crippen LogP contribution >= 0.6 is 22.6 Å². The summed E-state index contributed by atoms with van der Waals surface area (Å²) in [7, 11) is 0. The summed E-state index contributed by atoms with van der Waals surface area (Å²) in [5, 5.41) is 3.43. The van der Waals surface area contributed by atoms with Crippen LogP contribution in [0.5, 0.6) is 0 Å². The second kappa shape index (κ2) is 6.81. The summed E-state index contributed by atoms with van der Waals surface area (Å²) in [5.74, 6) is 0.901. The van der Waals surface area contributed by atoms with Gasteiger partial charge in [-0.25, -0.2) is 9.78 Å². The van der Waals surface area contributed by atoms with Crippen molar-refractivity contribution in [1.29, 1.82) is 0 Å². The molecule has 0 aliphatic carbocycles. The summed E-state index contributed by atoms with van der Waals surface area (Å²) in [6.45, 7) is 7.11. The van der Waals surface area contributed by atoms with Gasteiger partial charge in [-0.1, -0.05) is 0 Å². The monoisotopic (exact) mass is 403 g/mol. The van der Waals surface area contributed by atoms with E-state index in [1.54, 1.807) is 11.1 Å². The van der Waals surface area contributed by atoms with Crippen LogP contribution in [-0.2, 0) is 4.74 Å². The predicted molar refractivity (Wildman–Crippen MR) is 91.4 cm³/mol. The third-order valence-electron chi connectivity index (χ3n) is 3.22. The Labute approximate surface area is 139 Å². The first-order valence-corrected chi connectivity index (χ1v) is 8.27. The van der Waals surface area contributed by atoms with Crippen molar-refractivity contribution in [1.82, 2.24) is 9.88 Å². The number of likely N-dealkylation sites (tertiary alicyclic amines) is 1. The summed E-state index contributed by atoms with van der Waals surface area (Å²) in [5.41, 5.74) is -0.434. The zero-order chi connectivity index (χ0) is 15.5. The van der Waals surface area contributed by atoms with E-state index in [1.807, 2.05) is 32.9 Å². The molecule has 21 heavy (non-hydrogen) atoms. The van der Waals surface area contributed by atoms with Crippen LogP contribution in [0.1, 0.15) is 33.6 Å². The molecule has 1 fully saturated rings. The number of aromatic nitrogens is 1. The Balaban J connectivity index is 1.82. The number of pyridine rings is 1. The van der Waals surface area contributed by atoms with Gasteiger partial charge in [-0.15, -0.1) is 0 Å². The summed E-state index contributed by atoms with van der Waals surface area (Å²) >= 11 is 2.27. The van der Waals surface area contributed by atoms with E-state index in [0.29, 0.717) is 6.04 Å². The molecule has 0 aromatic carbocycles. The zero-order valence-corrected chi connectivity index (χ0v) is 14.9. The number of hydrogen-bond donors (Lipinski definition) is 1. The van der Waals surface area contributed by atoms with Gasteiger partial charge in [0.05, 0.1) is 0 Å².